The predicted octanol–water partition coefficient (Wildman–Crippen LogP) is 1.21. The van der Waals surface area contributed by atoms with E-state index in [1.165, 1.54) is 19.1 Å². The maximum Gasteiger partial charge on any atom is 0.344 e. The number of hydrogen-bond acceptors (Lipinski definition) is 6. The van der Waals surface area contributed by atoms with Gasteiger partial charge in [-0.2, -0.15) is 4.37 Å². The molecule has 0 atom stereocenters. The average Bonchev–Trinajstić information content (AvgIpc) is 2.58. The number of alkyl halides is 2. The summed E-state index contributed by atoms with van der Waals surface area (Å²) in [4.78, 5) is 12.6. The molecular weight excluding hydrogens is 240 g/mol. The molecule has 0 aliphatic rings. The van der Waals surface area contributed by atoms with Crippen LogP contribution in [0.15, 0.2) is 0 Å². The summed E-state index contributed by atoms with van der Waals surface area (Å²) in [7, 11) is 2.63. The van der Waals surface area contributed by atoms with Gasteiger partial charge in [-0.05, 0) is 11.5 Å². The van der Waals surface area contributed by atoms with E-state index in [0.717, 1.165) is 11.5 Å². The summed E-state index contributed by atoms with van der Waals surface area (Å²) in [6, 6.07) is 0. The Labute approximate surface area is 95.0 Å². The zero-order valence-corrected chi connectivity index (χ0v) is 9.55. The van der Waals surface area contributed by atoms with Gasteiger partial charge >= 0.3 is 5.97 Å². The monoisotopic (exact) mass is 251 g/mol. The number of nitrogen functional groups attached to an aromatic ring is 1. The van der Waals surface area contributed by atoms with Crippen LogP contribution in [0.2, 0.25) is 0 Å². The van der Waals surface area contributed by atoms with Crippen molar-refractivity contribution in [1.29, 1.82) is 0 Å². The molecule has 90 valence electrons. The van der Waals surface area contributed by atoms with Crippen molar-refractivity contribution in [3.8, 4) is 0 Å². The Balaban J connectivity index is 3.00. The van der Waals surface area contributed by atoms with Crippen molar-refractivity contribution in [3.05, 3.63) is 5.56 Å². The van der Waals surface area contributed by atoms with Gasteiger partial charge in [-0.3, -0.25) is 0 Å². The molecular formula is C8H11F2N3O2S. The SMILES string of the molecule is COC(=O)c1c(N)nsc1N(C)CC(F)F. The first-order valence-electron chi connectivity index (χ1n) is 4.30. The first-order valence-corrected chi connectivity index (χ1v) is 5.07. The van der Waals surface area contributed by atoms with Crippen molar-refractivity contribution in [1.82, 2.24) is 4.37 Å². The molecule has 1 heterocycles. The fraction of sp³-hybridized carbons (Fsp3) is 0.500. The van der Waals surface area contributed by atoms with Crippen LogP contribution >= 0.6 is 11.5 Å². The number of carbonyl (C=O) groups excluding carboxylic acids is 1. The van der Waals surface area contributed by atoms with Gasteiger partial charge in [-0.15, -0.1) is 0 Å². The minimum absolute atomic E-state index is 0.00651. The molecule has 0 bridgehead atoms. The third kappa shape index (κ3) is 2.57. The average molecular weight is 251 g/mol. The largest absolute Gasteiger partial charge is 0.465 e. The fourth-order valence-electron chi connectivity index (χ4n) is 1.14. The van der Waals surface area contributed by atoms with Crippen molar-refractivity contribution in [2.75, 3.05) is 31.3 Å². The Kier molecular flexibility index (Phi) is 3.99. The van der Waals surface area contributed by atoms with Crippen molar-refractivity contribution in [3.63, 3.8) is 0 Å². The zero-order valence-electron chi connectivity index (χ0n) is 8.74. The molecule has 8 heteroatoms. The molecule has 5 nitrogen and oxygen atoms in total. The highest BCUT2D eigenvalue weighted by Crippen LogP contribution is 2.30. The Morgan fingerprint density at radius 3 is 2.81 bits per heavy atom. The van der Waals surface area contributed by atoms with Gasteiger partial charge in [0, 0.05) is 7.05 Å². The van der Waals surface area contributed by atoms with Crippen LogP contribution in [0.1, 0.15) is 10.4 Å². The highest BCUT2D eigenvalue weighted by molar-refractivity contribution is 7.11. The maximum atomic E-state index is 12.2. The normalized spacial score (nSPS) is 10.6. The second kappa shape index (κ2) is 5.06. The molecule has 1 aromatic rings. The number of ether oxygens (including phenoxy) is 1. The van der Waals surface area contributed by atoms with E-state index in [1.54, 1.807) is 0 Å². The Morgan fingerprint density at radius 2 is 2.31 bits per heavy atom. The van der Waals surface area contributed by atoms with Crippen molar-refractivity contribution in [2.24, 2.45) is 0 Å². The lowest BCUT2D eigenvalue weighted by Gasteiger charge is -2.16. The molecule has 0 saturated heterocycles. The van der Waals surface area contributed by atoms with Gasteiger partial charge in [-0.1, -0.05) is 0 Å². The Hall–Kier alpha value is -1.44. The molecule has 0 spiro atoms. The number of nitrogens with zero attached hydrogens (tertiary/aromatic N) is 2. The summed E-state index contributed by atoms with van der Waals surface area (Å²) >= 11 is 0.887. The number of esters is 1. The molecule has 0 fully saturated rings. The molecule has 0 aliphatic heterocycles. The first kappa shape index (κ1) is 12.6. The van der Waals surface area contributed by atoms with Gasteiger partial charge in [0.25, 0.3) is 6.43 Å². The summed E-state index contributed by atoms with van der Waals surface area (Å²) in [5.74, 6) is -0.685. The second-order valence-corrected chi connectivity index (χ2v) is 3.76. The standard InChI is InChI=1S/C8H11F2N3O2S/c1-13(3-4(9)10)7-5(8(14)15-2)6(11)12-16-7/h4H,3H2,1-2H3,(H2,11,12). The van der Waals surface area contributed by atoms with E-state index in [2.05, 4.69) is 9.11 Å². The van der Waals surface area contributed by atoms with Gasteiger partial charge < -0.3 is 15.4 Å². The Bertz CT molecular complexity index is 383. The molecule has 1 rings (SSSR count). The van der Waals surface area contributed by atoms with Crippen LogP contribution in [0.5, 0.6) is 0 Å². The lowest BCUT2D eigenvalue weighted by molar-refractivity contribution is 0.0602. The van der Waals surface area contributed by atoms with Crippen molar-refractivity contribution >= 4 is 28.3 Å². The number of aromatic nitrogens is 1. The summed E-state index contributed by atoms with van der Waals surface area (Å²) in [5.41, 5.74) is 5.51. The molecule has 0 aliphatic carbocycles. The molecule has 1 aromatic heterocycles. The molecule has 0 aromatic carbocycles. The van der Waals surface area contributed by atoms with Crippen LogP contribution < -0.4 is 10.6 Å². The third-order valence-corrected chi connectivity index (χ3v) is 2.83. The zero-order chi connectivity index (χ0) is 12.3. The van der Waals surface area contributed by atoms with E-state index in [0.29, 0.717) is 0 Å². The quantitative estimate of drug-likeness (QED) is 0.815. The number of carbonyl (C=O) groups is 1. The maximum absolute atomic E-state index is 12.2. The van der Waals surface area contributed by atoms with Gasteiger partial charge in [0.1, 0.15) is 10.6 Å². The molecule has 2 N–H and O–H groups in total. The number of anilines is 2. The number of hydrogen-bond donors (Lipinski definition) is 1. The number of nitrogens with two attached hydrogens (primary N) is 1. The lowest BCUT2D eigenvalue weighted by atomic mass is 10.3. The van der Waals surface area contributed by atoms with E-state index >= 15 is 0 Å². The number of methoxy groups -OCH3 is 1. The van der Waals surface area contributed by atoms with E-state index in [-0.39, 0.29) is 16.4 Å². The predicted molar refractivity (Wildman–Crippen MR) is 57.1 cm³/mol. The van der Waals surface area contributed by atoms with Crippen LogP contribution in [0.25, 0.3) is 0 Å². The minimum atomic E-state index is -2.50. The van der Waals surface area contributed by atoms with E-state index in [1.807, 2.05) is 0 Å². The fourth-order valence-corrected chi connectivity index (χ4v) is 1.91. The van der Waals surface area contributed by atoms with Crippen LogP contribution in [0.4, 0.5) is 19.6 Å². The van der Waals surface area contributed by atoms with Gasteiger partial charge in [-0.25, -0.2) is 13.6 Å². The van der Waals surface area contributed by atoms with Crippen LogP contribution in [-0.4, -0.2) is 37.5 Å². The first-order chi connectivity index (χ1) is 7.47. The summed E-state index contributed by atoms with van der Waals surface area (Å²) in [6.07, 6.45) is -2.50. The number of halogens is 2. The molecule has 16 heavy (non-hydrogen) atoms. The topological polar surface area (TPSA) is 68.5 Å². The van der Waals surface area contributed by atoms with Crippen LogP contribution in [-0.2, 0) is 4.74 Å². The van der Waals surface area contributed by atoms with Crippen LogP contribution in [0.3, 0.4) is 0 Å². The molecule has 0 unspecified atom stereocenters. The summed E-state index contributed by atoms with van der Waals surface area (Å²) in [6.45, 7) is -0.494. The van der Waals surface area contributed by atoms with Gasteiger partial charge in [0.2, 0.25) is 0 Å². The van der Waals surface area contributed by atoms with Gasteiger partial charge in [0.15, 0.2) is 5.82 Å². The third-order valence-electron chi connectivity index (χ3n) is 1.85. The van der Waals surface area contributed by atoms with Crippen molar-refractivity contribution in [2.45, 2.75) is 6.43 Å². The van der Waals surface area contributed by atoms with E-state index in [9.17, 15) is 13.6 Å². The smallest absolute Gasteiger partial charge is 0.344 e. The number of rotatable bonds is 4. The minimum Gasteiger partial charge on any atom is -0.465 e. The highest BCUT2D eigenvalue weighted by atomic mass is 32.1. The van der Waals surface area contributed by atoms with Gasteiger partial charge in [0.05, 0.1) is 13.7 Å². The molecule has 0 amide bonds. The Morgan fingerprint density at radius 1 is 1.69 bits per heavy atom. The second-order valence-electron chi connectivity index (χ2n) is 3.01. The summed E-state index contributed by atoms with van der Waals surface area (Å²) in [5, 5.41) is 0.282. The highest BCUT2D eigenvalue weighted by Gasteiger charge is 2.23. The molecule has 0 radical (unpaired) electrons. The summed E-state index contributed by atoms with van der Waals surface area (Å²) < 4.78 is 32.6. The lowest BCUT2D eigenvalue weighted by Crippen LogP contribution is -2.25. The van der Waals surface area contributed by atoms with Crippen LogP contribution in [0, 0.1) is 0 Å². The van der Waals surface area contributed by atoms with E-state index < -0.39 is 18.9 Å². The van der Waals surface area contributed by atoms with Crippen molar-refractivity contribution < 1.29 is 18.3 Å². The molecule has 0 saturated carbocycles. The van der Waals surface area contributed by atoms with E-state index in [4.69, 9.17) is 5.73 Å².